The Morgan fingerprint density at radius 2 is 1.76 bits per heavy atom. The van der Waals surface area contributed by atoms with E-state index in [1.165, 1.54) is 7.11 Å². The fourth-order valence-corrected chi connectivity index (χ4v) is 1.53. The van der Waals surface area contributed by atoms with E-state index in [9.17, 15) is 4.79 Å². The lowest BCUT2D eigenvalue weighted by atomic mass is 10.0. The molecule has 3 nitrogen and oxygen atoms in total. The number of carbonyl (C=O) groups excluding carboxylic acids is 1. The number of ether oxygens (including phenoxy) is 2. The van der Waals surface area contributed by atoms with Gasteiger partial charge in [0.2, 0.25) is 0 Å². The Balaban J connectivity index is 3.12. The quantitative estimate of drug-likeness (QED) is 0.444. The van der Waals surface area contributed by atoms with Gasteiger partial charge in [0.15, 0.2) is 0 Å². The zero-order valence-electron chi connectivity index (χ0n) is 9.94. The molecular weight excluding hydrogens is 216 g/mol. The van der Waals surface area contributed by atoms with Gasteiger partial charge in [0.05, 0.1) is 7.11 Å². The van der Waals surface area contributed by atoms with Gasteiger partial charge in [-0.3, -0.25) is 0 Å². The summed E-state index contributed by atoms with van der Waals surface area (Å²) < 4.78 is 9.68. The zero-order valence-corrected chi connectivity index (χ0v) is 9.94. The third kappa shape index (κ3) is 3.48. The Hall–Kier alpha value is -2.03. The summed E-state index contributed by atoms with van der Waals surface area (Å²) in [4.78, 5) is 11.2. The molecule has 0 saturated carbocycles. The van der Waals surface area contributed by atoms with Crippen LogP contribution in [0.3, 0.4) is 0 Å². The van der Waals surface area contributed by atoms with Gasteiger partial charge >= 0.3 is 6.16 Å². The molecule has 0 spiro atoms. The van der Waals surface area contributed by atoms with E-state index in [-0.39, 0.29) is 0 Å². The van der Waals surface area contributed by atoms with Crippen LogP contribution < -0.4 is 4.74 Å². The van der Waals surface area contributed by atoms with Gasteiger partial charge in [0, 0.05) is 0 Å². The minimum absolute atomic E-state index is 0.541. The SMILES string of the molecule is C=CCc1cccc(CC=C)c1OC(=O)OC. The van der Waals surface area contributed by atoms with Crippen molar-refractivity contribution in [3.05, 3.63) is 54.6 Å². The van der Waals surface area contributed by atoms with Crippen molar-refractivity contribution in [2.75, 3.05) is 7.11 Å². The van der Waals surface area contributed by atoms with Crippen molar-refractivity contribution >= 4 is 6.16 Å². The maximum atomic E-state index is 11.2. The second kappa shape index (κ2) is 6.53. The Morgan fingerprint density at radius 3 is 2.18 bits per heavy atom. The maximum Gasteiger partial charge on any atom is 0.513 e. The molecule has 0 atom stereocenters. The van der Waals surface area contributed by atoms with E-state index < -0.39 is 6.16 Å². The van der Waals surface area contributed by atoms with Crippen molar-refractivity contribution in [1.82, 2.24) is 0 Å². The Morgan fingerprint density at radius 1 is 1.24 bits per heavy atom. The molecule has 90 valence electrons. The third-order valence-corrected chi connectivity index (χ3v) is 2.26. The highest BCUT2D eigenvalue weighted by molar-refractivity contribution is 5.65. The number of allylic oxidation sites excluding steroid dienone is 2. The predicted octanol–water partition coefficient (Wildman–Crippen LogP) is 3.29. The fraction of sp³-hybridized carbons (Fsp3) is 0.214. The molecule has 0 N–H and O–H groups in total. The van der Waals surface area contributed by atoms with Crippen LogP contribution in [0.1, 0.15) is 11.1 Å². The second-order valence-electron chi connectivity index (χ2n) is 3.45. The van der Waals surface area contributed by atoms with Crippen LogP contribution in [0, 0.1) is 0 Å². The molecule has 0 aliphatic heterocycles. The Kier molecular flexibility index (Phi) is 5.01. The first-order valence-corrected chi connectivity index (χ1v) is 5.31. The fourth-order valence-electron chi connectivity index (χ4n) is 1.53. The van der Waals surface area contributed by atoms with Gasteiger partial charge < -0.3 is 9.47 Å². The van der Waals surface area contributed by atoms with Crippen LogP contribution in [0.4, 0.5) is 4.79 Å². The molecule has 1 rings (SSSR count). The number of rotatable bonds is 5. The summed E-state index contributed by atoms with van der Waals surface area (Å²) >= 11 is 0. The van der Waals surface area contributed by atoms with Crippen LogP contribution in [-0.2, 0) is 17.6 Å². The van der Waals surface area contributed by atoms with E-state index in [0.29, 0.717) is 18.6 Å². The number of benzene rings is 1. The summed E-state index contributed by atoms with van der Waals surface area (Å²) in [5, 5.41) is 0. The topological polar surface area (TPSA) is 35.5 Å². The van der Waals surface area contributed by atoms with Gasteiger partial charge in [0.1, 0.15) is 5.75 Å². The molecule has 1 aromatic carbocycles. The lowest BCUT2D eigenvalue weighted by molar-refractivity contribution is 0.120. The number of hydrogen-bond donors (Lipinski definition) is 0. The molecule has 0 aliphatic rings. The molecule has 0 saturated heterocycles. The summed E-state index contributed by atoms with van der Waals surface area (Å²) in [7, 11) is 1.28. The van der Waals surface area contributed by atoms with Crippen LogP contribution >= 0.6 is 0 Å². The van der Waals surface area contributed by atoms with Crippen molar-refractivity contribution in [1.29, 1.82) is 0 Å². The molecule has 0 fully saturated rings. The predicted molar refractivity (Wildman–Crippen MR) is 67.3 cm³/mol. The lowest BCUT2D eigenvalue weighted by Gasteiger charge is -2.12. The molecule has 3 heteroatoms. The van der Waals surface area contributed by atoms with E-state index in [4.69, 9.17) is 4.74 Å². The Labute approximate surface area is 101 Å². The van der Waals surface area contributed by atoms with E-state index in [1.54, 1.807) is 12.2 Å². The summed E-state index contributed by atoms with van der Waals surface area (Å²) in [5.41, 5.74) is 1.81. The molecule has 0 bridgehead atoms. The van der Waals surface area contributed by atoms with Crippen LogP contribution in [0.15, 0.2) is 43.5 Å². The van der Waals surface area contributed by atoms with E-state index in [2.05, 4.69) is 17.9 Å². The molecule has 0 radical (unpaired) electrons. The summed E-state index contributed by atoms with van der Waals surface area (Å²) in [6, 6.07) is 5.71. The first-order valence-electron chi connectivity index (χ1n) is 5.31. The third-order valence-electron chi connectivity index (χ3n) is 2.26. The van der Waals surface area contributed by atoms with Gasteiger partial charge in [0.25, 0.3) is 0 Å². The zero-order chi connectivity index (χ0) is 12.7. The lowest BCUT2D eigenvalue weighted by Crippen LogP contribution is -2.10. The highest BCUT2D eigenvalue weighted by Gasteiger charge is 2.12. The maximum absolute atomic E-state index is 11.2. The van der Waals surface area contributed by atoms with Crippen molar-refractivity contribution in [3.8, 4) is 5.75 Å². The number of para-hydroxylation sites is 1. The second-order valence-corrected chi connectivity index (χ2v) is 3.45. The van der Waals surface area contributed by atoms with Crippen LogP contribution in [0.25, 0.3) is 0 Å². The molecule has 0 amide bonds. The summed E-state index contributed by atoms with van der Waals surface area (Å²) in [6.07, 6.45) is 4.08. The molecule has 0 heterocycles. The highest BCUT2D eigenvalue weighted by atomic mass is 16.7. The van der Waals surface area contributed by atoms with E-state index in [1.807, 2.05) is 18.2 Å². The van der Waals surface area contributed by atoms with Gasteiger partial charge in [-0.05, 0) is 24.0 Å². The van der Waals surface area contributed by atoms with E-state index >= 15 is 0 Å². The number of carbonyl (C=O) groups is 1. The standard InChI is InChI=1S/C14H16O3/c1-4-7-11-9-6-10-12(8-5-2)13(11)17-14(15)16-3/h4-6,9-10H,1-2,7-8H2,3H3. The van der Waals surface area contributed by atoms with Gasteiger partial charge in [-0.1, -0.05) is 30.4 Å². The van der Waals surface area contributed by atoms with Gasteiger partial charge in [-0.25, -0.2) is 4.79 Å². The monoisotopic (exact) mass is 232 g/mol. The first kappa shape index (κ1) is 13.0. The molecule has 0 aromatic heterocycles. The number of hydrogen-bond acceptors (Lipinski definition) is 3. The largest absolute Gasteiger partial charge is 0.513 e. The molecule has 17 heavy (non-hydrogen) atoms. The summed E-state index contributed by atoms with van der Waals surface area (Å²) in [5.74, 6) is 0.541. The van der Waals surface area contributed by atoms with Crippen molar-refractivity contribution in [3.63, 3.8) is 0 Å². The van der Waals surface area contributed by atoms with Crippen molar-refractivity contribution in [2.24, 2.45) is 0 Å². The smallest absolute Gasteiger partial charge is 0.437 e. The molecule has 0 aliphatic carbocycles. The van der Waals surface area contributed by atoms with Crippen LogP contribution in [0.2, 0.25) is 0 Å². The highest BCUT2D eigenvalue weighted by Crippen LogP contribution is 2.26. The average molecular weight is 232 g/mol. The normalized spacial score (nSPS) is 9.47. The van der Waals surface area contributed by atoms with Crippen LogP contribution in [0.5, 0.6) is 5.75 Å². The number of methoxy groups -OCH3 is 1. The van der Waals surface area contributed by atoms with E-state index in [0.717, 1.165) is 11.1 Å². The Bertz CT molecular complexity index is 393. The van der Waals surface area contributed by atoms with Gasteiger partial charge in [-0.2, -0.15) is 0 Å². The molecule has 0 unspecified atom stereocenters. The minimum Gasteiger partial charge on any atom is -0.437 e. The minimum atomic E-state index is -0.716. The average Bonchev–Trinajstić information content (AvgIpc) is 2.33. The van der Waals surface area contributed by atoms with Crippen LogP contribution in [-0.4, -0.2) is 13.3 Å². The molecule has 1 aromatic rings. The van der Waals surface area contributed by atoms with Crippen molar-refractivity contribution < 1.29 is 14.3 Å². The summed E-state index contributed by atoms with van der Waals surface area (Å²) in [6.45, 7) is 7.36. The van der Waals surface area contributed by atoms with Crippen molar-refractivity contribution in [2.45, 2.75) is 12.8 Å². The first-order chi connectivity index (χ1) is 8.22. The molecular formula is C14H16O3. The van der Waals surface area contributed by atoms with Gasteiger partial charge in [-0.15, -0.1) is 13.2 Å².